The first-order chi connectivity index (χ1) is 24.3. The third-order valence-corrected chi connectivity index (χ3v) is 10.2. The molecule has 0 fully saturated rings. The molecule has 1 nitrogen and oxygen atoms in total. The van der Waals surface area contributed by atoms with Gasteiger partial charge in [0.15, 0.2) is 0 Å². The van der Waals surface area contributed by atoms with E-state index in [1.165, 1.54) is 87.5 Å². The lowest BCUT2D eigenvalue weighted by Crippen LogP contribution is -1.93. The third-order valence-electron chi connectivity index (χ3n) is 10.2. The molecule has 1 heteroatoms. The fourth-order valence-electron chi connectivity index (χ4n) is 7.75. The molecule has 0 bridgehead atoms. The Morgan fingerprint density at radius 3 is 1.73 bits per heavy atom. The van der Waals surface area contributed by atoms with E-state index in [1.807, 2.05) is 0 Å². The number of fused-ring (bicyclic) bond motifs is 7. The Morgan fingerprint density at radius 2 is 0.878 bits per heavy atom. The Morgan fingerprint density at radius 1 is 0.286 bits per heavy atom. The molecular weight excluding hydrogens is 591 g/mol. The van der Waals surface area contributed by atoms with Crippen LogP contribution >= 0.6 is 0 Å². The molecule has 0 aliphatic carbocycles. The number of hydrogen-bond donors (Lipinski definition) is 0. The van der Waals surface area contributed by atoms with Crippen LogP contribution in [0, 0.1) is 0 Å². The lowest BCUT2D eigenvalue weighted by atomic mass is 9.94. The Balaban J connectivity index is 1.12. The van der Waals surface area contributed by atoms with Gasteiger partial charge in [0.1, 0.15) is 0 Å². The molecule has 49 heavy (non-hydrogen) atoms. The van der Waals surface area contributed by atoms with Gasteiger partial charge in [-0.3, -0.25) is 0 Å². The number of aromatic nitrogens is 1. The summed E-state index contributed by atoms with van der Waals surface area (Å²) in [6.45, 7) is 0. The van der Waals surface area contributed by atoms with Crippen molar-refractivity contribution in [3.63, 3.8) is 0 Å². The van der Waals surface area contributed by atoms with Crippen LogP contribution in [0.3, 0.4) is 0 Å². The quantitative estimate of drug-likeness (QED) is 0.184. The summed E-state index contributed by atoms with van der Waals surface area (Å²) >= 11 is 0. The van der Waals surface area contributed by atoms with Gasteiger partial charge in [-0.15, -0.1) is 0 Å². The van der Waals surface area contributed by atoms with E-state index in [2.05, 4.69) is 193 Å². The maximum Gasteiger partial charge on any atom is 0.0547 e. The molecule has 0 atom stereocenters. The molecule has 0 amide bonds. The first-order valence-electron chi connectivity index (χ1n) is 16.9. The van der Waals surface area contributed by atoms with E-state index in [-0.39, 0.29) is 0 Å². The molecule has 0 aliphatic rings. The average Bonchev–Trinajstić information content (AvgIpc) is 3.52. The smallest absolute Gasteiger partial charge is 0.0547 e. The molecule has 0 saturated heterocycles. The van der Waals surface area contributed by atoms with Gasteiger partial charge in [0.2, 0.25) is 0 Å². The molecule has 10 aromatic rings. The van der Waals surface area contributed by atoms with Crippen molar-refractivity contribution in [1.82, 2.24) is 4.57 Å². The van der Waals surface area contributed by atoms with E-state index in [0.29, 0.717) is 0 Å². The van der Waals surface area contributed by atoms with E-state index in [4.69, 9.17) is 0 Å². The van der Waals surface area contributed by atoms with Crippen LogP contribution in [-0.2, 0) is 0 Å². The molecule has 9 aromatic carbocycles. The highest BCUT2D eigenvalue weighted by atomic mass is 15.0. The van der Waals surface area contributed by atoms with Crippen molar-refractivity contribution in [3.05, 3.63) is 188 Å². The molecule has 0 N–H and O–H groups in total. The van der Waals surface area contributed by atoms with Crippen molar-refractivity contribution in [2.75, 3.05) is 0 Å². The first kappa shape index (κ1) is 27.7. The Hall–Kier alpha value is -6.44. The average molecular weight is 622 g/mol. The van der Waals surface area contributed by atoms with Crippen LogP contribution in [0.4, 0.5) is 0 Å². The SMILES string of the molecule is c1ccc(-c2ccc(-n3c4ccccc4c4c5cc(-c6ccc7ccc(-c8cccc9ccccc89)cc7c6)ccc5ccc43)cc2)cc1. The fraction of sp³-hybridized carbons (Fsp3) is 0. The van der Waals surface area contributed by atoms with Crippen LogP contribution in [0.25, 0.3) is 93.2 Å². The fourth-order valence-corrected chi connectivity index (χ4v) is 7.75. The monoisotopic (exact) mass is 621 g/mol. The molecule has 0 spiro atoms. The van der Waals surface area contributed by atoms with Crippen molar-refractivity contribution in [1.29, 1.82) is 0 Å². The van der Waals surface area contributed by atoms with Gasteiger partial charge >= 0.3 is 0 Å². The first-order valence-corrected chi connectivity index (χ1v) is 16.9. The molecule has 10 rings (SSSR count). The standard InChI is InChI=1S/C48H31N/c1-2-9-32(10-3-1)33-23-26-41(27-24-33)49-46-16-7-6-14-44(46)48-45-31-38(21-19-36(45)25-28-47(48)49)37-20-17-34-18-22-39(30-40(34)29-37)43-15-8-12-35-11-4-5-13-42(35)43/h1-31H. The highest BCUT2D eigenvalue weighted by Crippen LogP contribution is 2.39. The molecule has 0 aliphatic heterocycles. The van der Waals surface area contributed by atoms with Gasteiger partial charge in [-0.2, -0.15) is 0 Å². The summed E-state index contributed by atoms with van der Waals surface area (Å²) in [5, 5.41) is 10.1. The van der Waals surface area contributed by atoms with Crippen molar-refractivity contribution < 1.29 is 0 Å². The minimum atomic E-state index is 1.16. The van der Waals surface area contributed by atoms with E-state index in [9.17, 15) is 0 Å². The van der Waals surface area contributed by atoms with Crippen LogP contribution in [-0.4, -0.2) is 4.57 Å². The van der Waals surface area contributed by atoms with Crippen LogP contribution in [0.15, 0.2) is 188 Å². The van der Waals surface area contributed by atoms with E-state index in [0.717, 1.165) is 5.69 Å². The normalized spacial score (nSPS) is 11.7. The van der Waals surface area contributed by atoms with Crippen LogP contribution in [0.2, 0.25) is 0 Å². The lowest BCUT2D eigenvalue weighted by molar-refractivity contribution is 1.18. The molecule has 228 valence electrons. The van der Waals surface area contributed by atoms with Crippen LogP contribution < -0.4 is 0 Å². The van der Waals surface area contributed by atoms with Crippen molar-refractivity contribution in [3.8, 4) is 39.1 Å². The van der Waals surface area contributed by atoms with Crippen molar-refractivity contribution >= 4 is 54.1 Å². The summed E-state index contributed by atoms with van der Waals surface area (Å²) in [6.07, 6.45) is 0. The van der Waals surface area contributed by atoms with Crippen LogP contribution in [0.5, 0.6) is 0 Å². The van der Waals surface area contributed by atoms with Crippen molar-refractivity contribution in [2.45, 2.75) is 0 Å². The molecular formula is C48H31N. The maximum atomic E-state index is 2.41. The number of nitrogens with zero attached hydrogens (tertiary/aromatic N) is 1. The summed E-state index contributed by atoms with van der Waals surface area (Å²) in [5.41, 5.74) is 11.0. The van der Waals surface area contributed by atoms with E-state index >= 15 is 0 Å². The second-order valence-electron chi connectivity index (χ2n) is 13.0. The highest BCUT2D eigenvalue weighted by molar-refractivity contribution is 6.22. The topological polar surface area (TPSA) is 4.93 Å². The van der Waals surface area contributed by atoms with Gasteiger partial charge in [-0.05, 0) is 108 Å². The van der Waals surface area contributed by atoms with Gasteiger partial charge < -0.3 is 4.57 Å². The molecule has 1 heterocycles. The number of benzene rings is 9. The number of para-hydroxylation sites is 1. The summed E-state index contributed by atoms with van der Waals surface area (Å²) < 4.78 is 2.41. The predicted molar refractivity (Wildman–Crippen MR) is 210 cm³/mol. The van der Waals surface area contributed by atoms with Crippen molar-refractivity contribution in [2.24, 2.45) is 0 Å². The van der Waals surface area contributed by atoms with Crippen LogP contribution in [0.1, 0.15) is 0 Å². The highest BCUT2D eigenvalue weighted by Gasteiger charge is 2.16. The number of hydrogen-bond acceptors (Lipinski definition) is 0. The predicted octanol–water partition coefficient (Wildman–Crippen LogP) is 13.2. The molecule has 0 saturated carbocycles. The van der Waals surface area contributed by atoms with E-state index < -0.39 is 0 Å². The molecule has 0 unspecified atom stereocenters. The zero-order valence-electron chi connectivity index (χ0n) is 26.8. The Kier molecular flexibility index (Phi) is 6.25. The van der Waals surface area contributed by atoms with Gasteiger partial charge in [0.05, 0.1) is 11.0 Å². The van der Waals surface area contributed by atoms with Gasteiger partial charge in [-0.25, -0.2) is 0 Å². The minimum absolute atomic E-state index is 1.16. The van der Waals surface area contributed by atoms with Gasteiger partial charge in [-0.1, -0.05) is 146 Å². The Bertz CT molecular complexity index is 2850. The minimum Gasteiger partial charge on any atom is -0.309 e. The second-order valence-corrected chi connectivity index (χ2v) is 13.0. The summed E-state index contributed by atoms with van der Waals surface area (Å²) in [7, 11) is 0. The molecule has 0 radical (unpaired) electrons. The van der Waals surface area contributed by atoms with Gasteiger partial charge in [0, 0.05) is 16.5 Å². The largest absolute Gasteiger partial charge is 0.309 e. The summed E-state index contributed by atoms with van der Waals surface area (Å²) in [4.78, 5) is 0. The Labute approximate surface area is 284 Å². The third kappa shape index (κ3) is 4.55. The summed E-state index contributed by atoms with van der Waals surface area (Å²) in [6, 6.07) is 68.8. The zero-order chi connectivity index (χ0) is 32.3. The number of rotatable bonds is 4. The zero-order valence-corrected chi connectivity index (χ0v) is 26.8. The second kappa shape index (κ2) is 11.1. The lowest BCUT2D eigenvalue weighted by Gasteiger charge is -2.11. The van der Waals surface area contributed by atoms with E-state index in [1.54, 1.807) is 0 Å². The maximum absolute atomic E-state index is 2.41. The molecule has 1 aromatic heterocycles. The van der Waals surface area contributed by atoms with Gasteiger partial charge in [0.25, 0.3) is 0 Å². The summed E-state index contributed by atoms with van der Waals surface area (Å²) in [5.74, 6) is 0.